The van der Waals surface area contributed by atoms with Crippen molar-refractivity contribution in [3.8, 4) is 5.75 Å². The third-order valence-corrected chi connectivity index (χ3v) is 2.71. The highest BCUT2D eigenvalue weighted by Crippen LogP contribution is 2.18. The summed E-state index contributed by atoms with van der Waals surface area (Å²) in [6.45, 7) is 1.10. The Balaban J connectivity index is 1.99. The molecule has 100 valence electrons. The van der Waals surface area contributed by atoms with Crippen LogP contribution in [0.5, 0.6) is 5.75 Å². The molecule has 0 aliphatic rings. The molecular weight excluding hydrogens is 246 g/mol. The highest BCUT2D eigenvalue weighted by molar-refractivity contribution is 5.61. The lowest BCUT2D eigenvalue weighted by Gasteiger charge is -2.13. The summed E-state index contributed by atoms with van der Waals surface area (Å²) in [6.07, 6.45) is 0. The van der Waals surface area contributed by atoms with Crippen molar-refractivity contribution in [2.45, 2.75) is 6.54 Å². The van der Waals surface area contributed by atoms with Gasteiger partial charge in [0.15, 0.2) is 5.75 Å². The molecule has 0 unspecified atom stereocenters. The number of nitrogens with one attached hydrogen (secondary N) is 1. The Kier molecular flexibility index (Phi) is 4.30. The average molecular weight is 261 g/mol. The van der Waals surface area contributed by atoms with E-state index in [1.54, 1.807) is 7.11 Å². The zero-order chi connectivity index (χ0) is 13.7. The molecular formula is C14H15NO4. The van der Waals surface area contributed by atoms with Crippen LogP contribution in [0.4, 0.5) is 5.69 Å². The van der Waals surface area contributed by atoms with Gasteiger partial charge in [-0.15, -0.1) is 0 Å². The Labute approximate surface area is 110 Å². The molecule has 0 amide bonds. The number of anilines is 1. The van der Waals surface area contributed by atoms with Gasteiger partial charge in [0.05, 0.1) is 6.61 Å². The van der Waals surface area contributed by atoms with Crippen LogP contribution in [0, 0.1) is 0 Å². The first kappa shape index (κ1) is 13.3. The lowest BCUT2D eigenvalue weighted by molar-refractivity contribution is 0.145. The molecule has 2 rings (SSSR count). The van der Waals surface area contributed by atoms with Gasteiger partial charge in [-0.25, -0.2) is 0 Å². The summed E-state index contributed by atoms with van der Waals surface area (Å²) in [5.41, 5.74) is 0.179. The highest BCUT2D eigenvalue weighted by Gasteiger charge is 2.22. The van der Waals surface area contributed by atoms with Crippen LogP contribution in [-0.4, -0.2) is 20.3 Å². The Bertz CT molecular complexity index is 599. The van der Waals surface area contributed by atoms with E-state index in [1.165, 1.54) is 0 Å². The predicted octanol–water partition coefficient (Wildman–Crippen LogP) is 0.920. The smallest absolute Gasteiger partial charge is 0.272 e. The van der Waals surface area contributed by atoms with Gasteiger partial charge in [-0.05, 0) is 5.56 Å². The molecule has 2 aromatic carbocycles. The first-order valence-corrected chi connectivity index (χ1v) is 5.97. The highest BCUT2D eigenvalue weighted by atomic mass is 16.5. The Morgan fingerprint density at radius 3 is 2.47 bits per heavy atom. The van der Waals surface area contributed by atoms with Crippen molar-refractivity contribution in [3.63, 3.8) is 0 Å². The maximum Gasteiger partial charge on any atom is 0.272 e. The molecule has 0 aliphatic heterocycles. The second-order valence-electron chi connectivity index (χ2n) is 4.04. The van der Waals surface area contributed by atoms with Crippen molar-refractivity contribution in [1.29, 1.82) is 0 Å². The van der Waals surface area contributed by atoms with E-state index in [2.05, 4.69) is 5.32 Å². The molecule has 1 N–H and O–H groups in total. The van der Waals surface area contributed by atoms with Crippen LogP contribution < -0.4 is 20.9 Å². The third kappa shape index (κ3) is 3.00. The minimum Gasteiger partial charge on any atom is -0.485 e. The number of benzene rings is 1. The van der Waals surface area contributed by atoms with Gasteiger partial charge < -0.3 is 14.8 Å². The second kappa shape index (κ2) is 6.15. The summed E-state index contributed by atoms with van der Waals surface area (Å²) in [5.74, 6) is 0.109. The lowest BCUT2D eigenvalue weighted by atomic mass is 10.2. The van der Waals surface area contributed by atoms with E-state index >= 15 is 0 Å². The van der Waals surface area contributed by atoms with Crippen LogP contribution in [0.3, 0.4) is 0 Å². The topological polar surface area (TPSA) is 64.6 Å². The SMILES string of the molecule is COCCOc1c(NCc2ccccc2)c(=O)c1=O. The number of ether oxygens (including phenoxy) is 2. The average Bonchev–Trinajstić information content (AvgIpc) is 2.46. The van der Waals surface area contributed by atoms with Gasteiger partial charge in [0.2, 0.25) is 0 Å². The van der Waals surface area contributed by atoms with Gasteiger partial charge in [-0.2, -0.15) is 0 Å². The van der Waals surface area contributed by atoms with Crippen LogP contribution in [0.15, 0.2) is 39.9 Å². The third-order valence-electron chi connectivity index (χ3n) is 2.71. The Morgan fingerprint density at radius 1 is 1.05 bits per heavy atom. The quantitative estimate of drug-likeness (QED) is 0.593. The largest absolute Gasteiger partial charge is 0.485 e. The van der Waals surface area contributed by atoms with Crippen LogP contribution in [0.1, 0.15) is 5.56 Å². The standard InChI is InChI=1S/C14H15NO4/c1-18-7-8-19-14-11(12(16)13(14)17)15-9-10-5-3-2-4-6-10/h2-6,15H,7-9H2,1H3. The lowest BCUT2D eigenvalue weighted by Crippen LogP contribution is -2.36. The van der Waals surface area contributed by atoms with E-state index in [4.69, 9.17) is 9.47 Å². The van der Waals surface area contributed by atoms with Gasteiger partial charge >= 0.3 is 0 Å². The maximum absolute atomic E-state index is 11.4. The molecule has 5 nitrogen and oxygen atoms in total. The molecule has 5 heteroatoms. The Morgan fingerprint density at radius 2 is 1.79 bits per heavy atom. The molecule has 0 spiro atoms. The van der Waals surface area contributed by atoms with E-state index in [0.29, 0.717) is 13.2 Å². The molecule has 0 aliphatic carbocycles. The summed E-state index contributed by atoms with van der Waals surface area (Å²) in [7, 11) is 1.54. The van der Waals surface area contributed by atoms with E-state index in [0.717, 1.165) is 5.56 Å². The van der Waals surface area contributed by atoms with Crippen molar-refractivity contribution in [1.82, 2.24) is 0 Å². The molecule has 0 saturated heterocycles. The van der Waals surface area contributed by atoms with Gasteiger partial charge in [0.1, 0.15) is 12.3 Å². The van der Waals surface area contributed by atoms with Crippen LogP contribution >= 0.6 is 0 Å². The number of hydrogen-bond acceptors (Lipinski definition) is 5. The van der Waals surface area contributed by atoms with Crippen LogP contribution in [-0.2, 0) is 11.3 Å². The van der Waals surface area contributed by atoms with E-state index in [1.807, 2.05) is 30.3 Å². The fourth-order valence-corrected chi connectivity index (χ4v) is 1.68. The fraction of sp³-hybridized carbons (Fsp3) is 0.286. The molecule has 0 radical (unpaired) electrons. The van der Waals surface area contributed by atoms with E-state index in [-0.39, 0.29) is 18.0 Å². The first-order chi connectivity index (χ1) is 9.24. The zero-order valence-electron chi connectivity index (χ0n) is 10.6. The van der Waals surface area contributed by atoms with Gasteiger partial charge in [-0.1, -0.05) is 30.3 Å². The maximum atomic E-state index is 11.4. The number of rotatable bonds is 7. The Hall–Kier alpha value is -2.14. The van der Waals surface area contributed by atoms with Gasteiger partial charge in [-0.3, -0.25) is 9.59 Å². The molecule has 19 heavy (non-hydrogen) atoms. The van der Waals surface area contributed by atoms with Crippen molar-refractivity contribution in [2.75, 3.05) is 25.6 Å². The summed E-state index contributed by atoms with van der Waals surface area (Å²) >= 11 is 0. The minimum atomic E-state index is -0.577. The molecule has 0 aromatic heterocycles. The molecule has 2 aromatic rings. The van der Waals surface area contributed by atoms with Crippen LogP contribution in [0.25, 0.3) is 0 Å². The van der Waals surface area contributed by atoms with Crippen molar-refractivity contribution in [2.24, 2.45) is 0 Å². The summed E-state index contributed by atoms with van der Waals surface area (Å²) in [5, 5.41) is 2.94. The summed E-state index contributed by atoms with van der Waals surface area (Å²) < 4.78 is 10.0. The molecule has 0 bridgehead atoms. The van der Waals surface area contributed by atoms with Gasteiger partial charge in [0, 0.05) is 13.7 Å². The first-order valence-electron chi connectivity index (χ1n) is 5.97. The minimum absolute atomic E-state index is 0.109. The van der Waals surface area contributed by atoms with Crippen molar-refractivity contribution >= 4 is 5.69 Å². The normalized spacial score (nSPS) is 10.6. The van der Waals surface area contributed by atoms with E-state index in [9.17, 15) is 9.59 Å². The van der Waals surface area contributed by atoms with Crippen molar-refractivity contribution < 1.29 is 9.47 Å². The molecule has 0 atom stereocenters. The summed E-state index contributed by atoms with van der Waals surface area (Å²) in [4.78, 5) is 22.8. The molecule has 0 fully saturated rings. The predicted molar refractivity (Wildman–Crippen MR) is 72.5 cm³/mol. The second-order valence-corrected chi connectivity index (χ2v) is 4.04. The van der Waals surface area contributed by atoms with E-state index < -0.39 is 10.9 Å². The van der Waals surface area contributed by atoms with Crippen LogP contribution in [0.2, 0.25) is 0 Å². The molecule has 0 saturated carbocycles. The number of methoxy groups -OCH3 is 1. The van der Waals surface area contributed by atoms with Crippen molar-refractivity contribution in [3.05, 3.63) is 56.3 Å². The summed E-state index contributed by atoms with van der Waals surface area (Å²) in [6, 6.07) is 9.61. The van der Waals surface area contributed by atoms with Gasteiger partial charge in [0.25, 0.3) is 10.9 Å². The molecule has 0 heterocycles. The number of hydrogen-bond donors (Lipinski definition) is 1. The zero-order valence-corrected chi connectivity index (χ0v) is 10.6. The monoisotopic (exact) mass is 261 g/mol. The fourth-order valence-electron chi connectivity index (χ4n) is 1.68.